The molecule has 130 valence electrons. The molecule has 1 saturated heterocycles. The molecule has 2 heterocycles. The Morgan fingerprint density at radius 2 is 1.70 bits per heavy atom. The summed E-state index contributed by atoms with van der Waals surface area (Å²) in [5, 5.41) is 3.48. The summed E-state index contributed by atoms with van der Waals surface area (Å²) in [5.41, 5.74) is 1.13. The Hall–Kier alpha value is -1.29. The van der Waals surface area contributed by atoms with Crippen molar-refractivity contribution in [3.05, 3.63) is 18.3 Å². The van der Waals surface area contributed by atoms with Gasteiger partial charge in [0.25, 0.3) is 0 Å². The van der Waals surface area contributed by atoms with Gasteiger partial charge in [0.05, 0.1) is 25.1 Å². The number of ether oxygens (including phenoxy) is 1. The van der Waals surface area contributed by atoms with Crippen molar-refractivity contribution in [2.24, 2.45) is 0 Å². The predicted octanol–water partition coefficient (Wildman–Crippen LogP) is 4.47. The lowest BCUT2D eigenvalue weighted by atomic mass is 10.1. The molecule has 0 aliphatic carbocycles. The second-order valence-electron chi connectivity index (χ2n) is 6.41. The van der Waals surface area contributed by atoms with Gasteiger partial charge in [-0.1, -0.05) is 51.9 Å². The van der Waals surface area contributed by atoms with Crippen molar-refractivity contribution in [3.8, 4) is 0 Å². The molecule has 1 aromatic rings. The van der Waals surface area contributed by atoms with Gasteiger partial charge < -0.3 is 15.0 Å². The fraction of sp³-hybridized carbons (Fsp3) is 0.737. The maximum atomic E-state index is 5.38. The fourth-order valence-electron chi connectivity index (χ4n) is 2.96. The number of pyridine rings is 1. The summed E-state index contributed by atoms with van der Waals surface area (Å²) in [7, 11) is 0. The Balaban J connectivity index is 1.54. The van der Waals surface area contributed by atoms with E-state index in [4.69, 9.17) is 4.74 Å². The van der Waals surface area contributed by atoms with Gasteiger partial charge in [-0.3, -0.25) is 0 Å². The maximum Gasteiger partial charge on any atom is 0.128 e. The average Bonchev–Trinajstić information content (AvgIpc) is 2.62. The number of morpholine rings is 1. The number of anilines is 2. The van der Waals surface area contributed by atoms with Crippen molar-refractivity contribution in [1.29, 1.82) is 0 Å². The molecule has 0 saturated carbocycles. The first-order valence-electron chi connectivity index (χ1n) is 9.43. The molecule has 1 aliphatic rings. The quantitative estimate of drug-likeness (QED) is 0.611. The highest BCUT2D eigenvalue weighted by Crippen LogP contribution is 2.15. The molecule has 1 aliphatic heterocycles. The SMILES string of the molecule is CCCCCCCCCCNc1ccc(N2CCOCC2)nc1. The highest BCUT2D eigenvalue weighted by atomic mass is 16.5. The molecular formula is C19H33N3O. The predicted molar refractivity (Wildman–Crippen MR) is 98.4 cm³/mol. The first kappa shape index (κ1) is 18.1. The number of rotatable bonds is 11. The van der Waals surface area contributed by atoms with Crippen molar-refractivity contribution < 1.29 is 4.74 Å². The van der Waals surface area contributed by atoms with Gasteiger partial charge in [-0.05, 0) is 18.6 Å². The fourth-order valence-corrected chi connectivity index (χ4v) is 2.96. The van der Waals surface area contributed by atoms with E-state index >= 15 is 0 Å². The molecule has 0 amide bonds. The highest BCUT2D eigenvalue weighted by Gasteiger charge is 2.11. The zero-order valence-corrected chi connectivity index (χ0v) is 14.7. The van der Waals surface area contributed by atoms with Crippen molar-refractivity contribution in [3.63, 3.8) is 0 Å². The summed E-state index contributed by atoms with van der Waals surface area (Å²) in [6.45, 7) is 6.82. The van der Waals surface area contributed by atoms with Crippen LogP contribution < -0.4 is 10.2 Å². The molecule has 2 rings (SSSR count). The molecule has 1 N–H and O–H groups in total. The standard InChI is InChI=1S/C19H33N3O/c1-2-3-4-5-6-7-8-9-12-20-18-10-11-19(21-17-18)22-13-15-23-16-14-22/h10-11,17,20H,2-9,12-16H2,1H3. The Kier molecular flexibility index (Phi) is 8.85. The van der Waals surface area contributed by atoms with E-state index in [2.05, 4.69) is 34.3 Å². The number of hydrogen-bond donors (Lipinski definition) is 1. The van der Waals surface area contributed by atoms with E-state index in [0.29, 0.717) is 0 Å². The van der Waals surface area contributed by atoms with E-state index in [1.807, 2.05) is 6.20 Å². The van der Waals surface area contributed by atoms with Crippen LogP contribution in [0, 0.1) is 0 Å². The number of aromatic nitrogens is 1. The van der Waals surface area contributed by atoms with Crippen molar-refractivity contribution in [1.82, 2.24) is 4.98 Å². The smallest absolute Gasteiger partial charge is 0.128 e. The normalized spacial score (nSPS) is 14.9. The molecule has 1 aromatic heterocycles. The molecule has 0 unspecified atom stereocenters. The topological polar surface area (TPSA) is 37.4 Å². The van der Waals surface area contributed by atoms with Crippen LogP contribution in [-0.2, 0) is 4.74 Å². The van der Waals surface area contributed by atoms with Crippen LogP contribution in [-0.4, -0.2) is 37.8 Å². The van der Waals surface area contributed by atoms with Crippen LogP contribution in [0.4, 0.5) is 11.5 Å². The van der Waals surface area contributed by atoms with Crippen LogP contribution in [0.25, 0.3) is 0 Å². The van der Waals surface area contributed by atoms with Gasteiger partial charge in [0.15, 0.2) is 0 Å². The molecule has 4 nitrogen and oxygen atoms in total. The summed E-state index contributed by atoms with van der Waals surface area (Å²) >= 11 is 0. The van der Waals surface area contributed by atoms with E-state index in [0.717, 1.165) is 44.4 Å². The molecule has 0 aromatic carbocycles. The molecule has 4 heteroatoms. The van der Waals surface area contributed by atoms with Gasteiger partial charge in [-0.25, -0.2) is 4.98 Å². The first-order valence-corrected chi connectivity index (χ1v) is 9.43. The lowest BCUT2D eigenvalue weighted by Gasteiger charge is -2.27. The van der Waals surface area contributed by atoms with Crippen LogP contribution in [0.5, 0.6) is 0 Å². The molecule has 23 heavy (non-hydrogen) atoms. The zero-order valence-electron chi connectivity index (χ0n) is 14.7. The van der Waals surface area contributed by atoms with Crippen LogP contribution in [0.2, 0.25) is 0 Å². The van der Waals surface area contributed by atoms with Gasteiger partial charge in [0.1, 0.15) is 5.82 Å². The third kappa shape index (κ3) is 7.21. The van der Waals surface area contributed by atoms with Crippen LogP contribution in [0.1, 0.15) is 58.3 Å². The Bertz CT molecular complexity index is 402. The van der Waals surface area contributed by atoms with E-state index in [1.165, 1.54) is 51.4 Å². The van der Waals surface area contributed by atoms with Gasteiger partial charge in [-0.2, -0.15) is 0 Å². The number of unbranched alkanes of at least 4 members (excludes halogenated alkanes) is 7. The minimum absolute atomic E-state index is 0.806. The maximum absolute atomic E-state index is 5.38. The minimum atomic E-state index is 0.806. The Labute approximate surface area is 141 Å². The van der Waals surface area contributed by atoms with E-state index in [-0.39, 0.29) is 0 Å². The van der Waals surface area contributed by atoms with E-state index in [9.17, 15) is 0 Å². The van der Waals surface area contributed by atoms with Crippen LogP contribution >= 0.6 is 0 Å². The van der Waals surface area contributed by atoms with Crippen LogP contribution in [0.3, 0.4) is 0 Å². The van der Waals surface area contributed by atoms with Gasteiger partial charge >= 0.3 is 0 Å². The molecule has 0 bridgehead atoms. The summed E-state index contributed by atoms with van der Waals surface area (Å²) in [6, 6.07) is 4.25. The molecule has 1 fully saturated rings. The number of nitrogens with one attached hydrogen (secondary N) is 1. The molecule has 0 radical (unpaired) electrons. The third-order valence-electron chi connectivity index (χ3n) is 4.44. The summed E-state index contributed by atoms with van der Waals surface area (Å²) in [4.78, 5) is 6.85. The Morgan fingerprint density at radius 3 is 2.35 bits per heavy atom. The van der Waals surface area contributed by atoms with Crippen LogP contribution in [0.15, 0.2) is 18.3 Å². The first-order chi connectivity index (χ1) is 11.4. The lowest BCUT2D eigenvalue weighted by Crippen LogP contribution is -2.36. The summed E-state index contributed by atoms with van der Waals surface area (Å²) in [6.07, 6.45) is 12.9. The lowest BCUT2D eigenvalue weighted by molar-refractivity contribution is 0.122. The minimum Gasteiger partial charge on any atom is -0.384 e. The second kappa shape index (κ2) is 11.3. The van der Waals surface area contributed by atoms with Gasteiger partial charge in [0.2, 0.25) is 0 Å². The number of hydrogen-bond acceptors (Lipinski definition) is 4. The number of nitrogens with zero attached hydrogens (tertiary/aromatic N) is 2. The average molecular weight is 319 g/mol. The highest BCUT2D eigenvalue weighted by molar-refractivity contribution is 5.48. The van der Waals surface area contributed by atoms with Gasteiger partial charge in [-0.15, -0.1) is 0 Å². The molecule has 0 spiro atoms. The van der Waals surface area contributed by atoms with Crippen molar-refractivity contribution >= 4 is 11.5 Å². The third-order valence-corrected chi connectivity index (χ3v) is 4.44. The molecular weight excluding hydrogens is 286 g/mol. The largest absolute Gasteiger partial charge is 0.384 e. The second-order valence-corrected chi connectivity index (χ2v) is 6.41. The summed E-state index contributed by atoms with van der Waals surface area (Å²) < 4.78 is 5.38. The summed E-state index contributed by atoms with van der Waals surface area (Å²) in [5.74, 6) is 1.06. The monoisotopic (exact) mass is 319 g/mol. The van der Waals surface area contributed by atoms with E-state index < -0.39 is 0 Å². The Morgan fingerprint density at radius 1 is 1.00 bits per heavy atom. The van der Waals surface area contributed by atoms with Gasteiger partial charge in [0, 0.05) is 19.6 Å². The zero-order chi connectivity index (χ0) is 16.2. The van der Waals surface area contributed by atoms with Crippen molar-refractivity contribution in [2.45, 2.75) is 58.3 Å². The molecule has 0 atom stereocenters. The van der Waals surface area contributed by atoms with E-state index in [1.54, 1.807) is 0 Å². The van der Waals surface area contributed by atoms with Crippen molar-refractivity contribution in [2.75, 3.05) is 43.1 Å².